The van der Waals surface area contributed by atoms with E-state index >= 15 is 0 Å². The first-order valence-corrected chi connectivity index (χ1v) is 14.7. The first-order valence-electron chi connectivity index (χ1n) is 13.9. The van der Waals surface area contributed by atoms with E-state index in [1.165, 1.54) is 55.6 Å². The summed E-state index contributed by atoms with van der Waals surface area (Å²) in [6.07, 6.45) is -3.46. The number of esters is 3. The molecule has 1 fully saturated rings. The molecular weight excluding hydrogens is 662 g/mol. The molecule has 12 nitrogen and oxygen atoms in total. The van der Waals surface area contributed by atoms with Gasteiger partial charge in [0.25, 0.3) is 5.56 Å². The number of hydrogen-bond acceptors (Lipinski definition) is 10. The van der Waals surface area contributed by atoms with Crippen molar-refractivity contribution in [2.75, 3.05) is 0 Å². The number of benzene rings is 3. The Balaban J connectivity index is 1.48. The molecule has 1 N–H and O–H groups in total. The predicted molar refractivity (Wildman–Crippen MR) is 166 cm³/mol. The van der Waals surface area contributed by atoms with E-state index in [1.54, 1.807) is 54.6 Å². The van der Waals surface area contributed by atoms with Crippen molar-refractivity contribution in [3.8, 4) is 0 Å². The highest BCUT2D eigenvalue weighted by atomic mass is 79.9. The lowest BCUT2D eigenvalue weighted by atomic mass is 9.97. The number of hydrogen-bond donors (Lipinski definition) is 1. The molecule has 5 aromatic rings. The van der Waals surface area contributed by atoms with Crippen LogP contribution < -0.4 is 11.2 Å². The lowest BCUT2D eigenvalue weighted by Gasteiger charge is -2.34. The normalized spacial score (nSPS) is 20.6. The van der Waals surface area contributed by atoms with Gasteiger partial charge in [0.05, 0.1) is 21.2 Å². The molecule has 0 amide bonds. The van der Waals surface area contributed by atoms with E-state index in [4.69, 9.17) is 18.9 Å². The Bertz CT molecular complexity index is 2050. The summed E-state index contributed by atoms with van der Waals surface area (Å²) in [4.78, 5) is 72.3. The Kier molecular flexibility index (Phi) is 8.35. The van der Waals surface area contributed by atoms with Crippen LogP contribution in [0.4, 0.5) is 0 Å². The summed E-state index contributed by atoms with van der Waals surface area (Å²) < 4.78 is 25.0. The molecule has 1 aliphatic rings. The van der Waals surface area contributed by atoms with E-state index in [9.17, 15) is 24.0 Å². The van der Waals surface area contributed by atoms with Gasteiger partial charge in [-0.15, -0.1) is 0 Å². The number of carbonyl (C=O) groups is 3. The van der Waals surface area contributed by atoms with Crippen molar-refractivity contribution in [3.63, 3.8) is 0 Å². The van der Waals surface area contributed by atoms with Crippen molar-refractivity contribution < 1.29 is 33.3 Å². The highest BCUT2D eigenvalue weighted by Crippen LogP contribution is 2.44. The van der Waals surface area contributed by atoms with Crippen molar-refractivity contribution in [2.45, 2.75) is 31.1 Å². The summed E-state index contributed by atoms with van der Waals surface area (Å²) in [7, 11) is 0. The van der Waals surface area contributed by atoms with Crippen molar-refractivity contribution in [3.05, 3.63) is 145 Å². The van der Waals surface area contributed by atoms with Gasteiger partial charge < -0.3 is 23.9 Å². The standard InChI is InChI=1S/C33H24BrN3O9/c1-33(46-29(41)21-15-9-4-10-16-21)24(43-27(39)19-11-5-2-6-12-19)30(44-28(40)20-13-7-3-8-14-20)45-31(33)37-18-22-17-23(34)26(38)35-25(22)36-32(37)42/h2-18,24,30-31H,1H3,(H,35,36,38,42)/t24?,30?,31-,33-/m1/s1. The molecule has 2 unspecified atom stereocenters. The van der Waals surface area contributed by atoms with Crippen LogP contribution in [-0.4, -0.2) is 50.4 Å². The smallest absolute Gasteiger partial charge is 0.351 e. The number of nitrogens with zero attached hydrogens (tertiary/aromatic N) is 2. The minimum absolute atomic E-state index is 0.00505. The molecule has 0 spiro atoms. The lowest BCUT2D eigenvalue weighted by molar-refractivity contribution is -0.149. The van der Waals surface area contributed by atoms with Gasteiger partial charge in [0, 0.05) is 11.6 Å². The molecule has 232 valence electrons. The third-order valence-corrected chi connectivity index (χ3v) is 7.92. The van der Waals surface area contributed by atoms with E-state index in [0.717, 1.165) is 4.57 Å². The number of aromatic nitrogens is 3. The van der Waals surface area contributed by atoms with Gasteiger partial charge in [-0.25, -0.2) is 19.2 Å². The Morgan fingerprint density at radius 2 is 1.35 bits per heavy atom. The molecule has 0 aliphatic carbocycles. The number of halogens is 1. The van der Waals surface area contributed by atoms with Crippen molar-refractivity contribution in [1.29, 1.82) is 0 Å². The summed E-state index contributed by atoms with van der Waals surface area (Å²) in [6.45, 7) is 1.40. The predicted octanol–water partition coefficient (Wildman–Crippen LogP) is 4.40. The molecular formula is C33H24BrN3O9. The van der Waals surface area contributed by atoms with Gasteiger partial charge in [0.1, 0.15) is 5.65 Å². The third-order valence-electron chi connectivity index (χ3n) is 7.33. The fraction of sp³-hybridized carbons (Fsp3) is 0.152. The molecule has 13 heteroatoms. The average molecular weight is 686 g/mol. The number of ether oxygens (including phenoxy) is 4. The molecule has 46 heavy (non-hydrogen) atoms. The second-order valence-corrected chi connectivity index (χ2v) is 11.3. The van der Waals surface area contributed by atoms with Crippen LogP contribution in [0.15, 0.2) is 117 Å². The van der Waals surface area contributed by atoms with Crippen LogP contribution >= 0.6 is 15.9 Å². The number of H-pyrrole nitrogens is 1. The molecule has 0 saturated carbocycles. The first-order chi connectivity index (χ1) is 22.1. The number of aromatic amines is 1. The largest absolute Gasteiger partial charge is 0.448 e. The van der Waals surface area contributed by atoms with Crippen LogP contribution in [0.2, 0.25) is 0 Å². The van der Waals surface area contributed by atoms with Gasteiger partial charge in [0.2, 0.25) is 12.4 Å². The second kappa shape index (κ2) is 12.5. The fourth-order valence-corrected chi connectivity index (χ4v) is 5.37. The van der Waals surface area contributed by atoms with Gasteiger partial charge in [-0.2, -0.15) is 4.98 Å². The lowest BCUT2D eigenvalue weighted by Crippen LogP contribution is -2.51. The summed E-state index contributed by atoms with van der Waals surface area (Å²) in [5, 5.41) is 0.314. The van der Waals surface area contributed by atoms with Gasteiger partial charge in [-0.3, -0.25) is 9.36 Å². The van der Waals surface area contributed by atoms with E-state index in [1.807, 2.05) is 0 Å². The number of carbonyl (C=O) groups excluding carboxylic acids is 3. The molecule has 1 aliphatic heterocycles. The maximum absolute atomic E-state index is 13.5. The van der Waals surface area contributed by atoms with Crippen molar-refractivity contribution in [2.24, 2.45) is 0 Å². The quantitative estimate of drug-likeness (QED) is 0.192. The van der Waals surface area contributed by atoms with Crippen molar-refractivity contribution in [1.82, 2.24) is 14.5 Å². The molecule has 1 saturated heterocycles. The highest BCUT2D eigenvalue weighted by molar-refractivity contribution is 9.10. The number of nitrogens with one attached hydrogen (secondary N) is 1. The zero-order valence-corrected chi connectivity index (χ0v) is 25.6. The van der Waals surface area contributed by atoms with Gasteiger partial charge in [-0.1, -0.05) is 54.6 Å². The molecule has 2 aromatic heterocycles. The zero-order chi connectivity index (χ0) is 32.4. The molecule has 0 radical (unpaired) electrons. The number of rotatable bonds is 7. The Morgan fingerprint density at radius 3 is 1.91 bits per heavy atom. The zero-order valence-electron chi connectivity index (χ0n) is 24.0. The third kappa shape index (κ3) is 5.97. The second-order valence-electron chi connectivity index (χ2n) is 10.4. The highest BCUT2D eigenvalue weighted by Gasteiger charge is 2.62. The summed E-state index contributed by atoms with van der Waals surface area (Å²) in [5.74, 6) is -2.49. The minimum atomic E-state index is -1.99. The van der Waals surface area contributed by atoms with Crippen LogP contribution in [0.25, 0.3) is 11.0 Å². The van der Waals surface area contributed by atoms with Crippen LogP contribution in [0, 0.1) is 0 Å². The fourth-order valence-electron chi connectivity index (χ4n) is 5.02. The van der Waals surface area contributed by atoms with Gasteiger partial charge >= 0.3 is 23.6 Å². The van der Waals surface area contributed by atoms with Gasteiger partial charge in [-0.05, 0) is 65.3 Å². The van der Waals surface area contributed by atoms with E-state index in [2.05, 4.69) is 25.9 Å². The summed E-state index contributed by atoms with van der Waals surface area (Å²) in [5.41, 5.74) is -2.91. The Hall–Kier alpha value is -5.40. The molecule has 3 heterocycles. The van der Waals surface area contributed by atoms with Crippen molar-refractivity contribution >= 4 is 44.9 Å². The van der Waals surface area contributed by atoms with E-state index in [0.29, 0.717) is 5.39 Å². The number of pyridine rings is 1. The van der Waals surface area contributed by atoms with E-state index in [-0.39, 0.29) is 26.8 Å². The summed E-state index contributed by atoms with van der Waals surface area (Å²) in [6, 6.07) is 25.5. The SMILES string of the molecule is C[C@@]1(OC(=O)c2ccccc2)C(OC(=O)c2ccccc2)C(OC(=O)c2ccccc2)O[C@H]1n1cc2cc(Br)c(=O)[nH]c2nc1=O. The van der Waals surface area contributed by atoms with Gasteiger partial charge in [0.15, 0.2) is 11.8 Å². The summed E-state index contributed by atoms with van der Waals surface area (Å²) >= 11 is 3.17. The minimum Gasteiger partial charge on any atom is -0.448 e. The van der Waals surface area contributed by atoms with Crippen LogP contribution in [-0.2, 0) is 18.9 Å². The topological polar surface area (TPSA) is 156 Å². The monoisotopic (exact) mass is 685 g/mol. The average Bonchev–Trinajstić information content (AvgIpc) is 3.32. The van der Waals surface area contributed by atoms with Crippen LogP contribution in [0.1, 0.15) is 44.2 Å². The first kappa shape index (κ1) is 30.6. The Labute approximate surface area is 268 Å². The molecule has 4 atom stereocenters. The van der Waals surface area contributed by atoms with Crippen LogP contribution in [0.3, 0.4) is 0 Å². The maximum atomic E-state index is 13.5. The van der Waals surface area contributed by atoms with Crippen LogP contribution in [0.5, 0.6) is 0 Å². The number of fused-ring (bicyclic) bond motifs is 1. The molecule has 3 aromatic carbocycles. The molecule has 0 bridgehead atoms. The maximum Gasteiger partial charge on any atom is 0.351 e. The Morgan fingerprint density at radius 1 is 0.826 bits per heavy atom. The van der Waals surface area contributed by atoms with E-state index < -0.39 is 53.4 Å². The molecule has 6 rings (SSSR count).